The van der Waals surface area contributed by atoms with Gasteiger partial charge in [-0.15, -0.1) is 5.10 Å². The summed E-state index contributed by atoms with van der Waals surface area (Å²) in [7, 11) is 3.93. The first-order valence-electron chi connectivity index (χ1n) is 7.14. The van der Waals surface area contributed by atoms with Gasteiger partial charge in [-0.3, -0.25) is 0 Å². The number of halogens is 1. The number of benzene rings is 1. The fourth-order valence-corrected chi connectivity index (χ4v) is 2.17. The number of hydrogen-bond donors (Lipinski definition) is 0. The molecule has 23 heavy (non-hydrogen) atoms. The Kier molecular flexibility index (Phi) is 4.16. The van der Waals surface area contributed by atoms with E-state index in [-0.39, 0.29) is 5.82 Å². The predicted molar refractivity (Wildman–Crippen MR) is 80.9 cm³/mol. The van der Waals surface area contributed by atoms with Gasteiger partial charge >= 0.3 is 0 Å². The van der Waals surface area contributed by atoms with Crippen LogP contribution in [0.15, 0.2) is 28.9 Å². The maximum absolute atomic E-state index is 13.3. The predicted octanol–water partition coefficient (Wildman–Crippen LogP) is 1.89. The molecule has 0 N–H and O–H groups in total. The Morgan fingerprint density at radius 2 is 2.13 bits per heavy atom. The number of hydrogen-bond acceptors (Lipinski definition) is 6. The second kappa shape index (κ2) is 6.25. The summed E-state index contributed by atoms with van der Waals surface area (Å²) >= 11 is 0. The Hall–Kier alpha value is -2.61. The third-order valence-corrected chi connectivity index (χ3v) is 3.25. The lowest BCUT2D eigenvalue weighted by Crippen LogP contribution is -2.10. The quantitative estimate of drug-likeness (QED) is 0.715. The fourth-order valence-electron chi connectivity index (χ4n) is 2.17. The maximum Gasteiger partial charge on any atom is 0.248 e. The van der Waals surface area contributed by atoms with Crippen LogP contribution in [0.25, 0.3) is 11.4 Å². The normalized spacial score (nSPS) is 11.3. The van der Waals surface area contributed by atoms with Crippen LogP contribution in [0, 0.1) is 12.7 Å². The summed E-state index contributed by atoms with van der Waals surface area (Å²) in [6, 6.07) is 4.71. The van der Waals surface area contributed by atoms with E-state index in [2.05, 4.69) is 20.5 Å². The smallest absolute Gasteiger partial charge is 0.248 e. The molecule has 0 bridgehead atoms. The van der Waals surface area contributed by atoms with E-state index >= 15 is 0 Å². The van der Waals surface area contributed by atoms with Crippen LogP contribution in [0.3, 0.4) is 0 Å². The highest BCUT2D eigenvalue weighted by Gasteiger charge is 2.11. The molecular weight excluding hydrogens is 299 g/mol. The van der Waals surface area contributed by atoms with Crippen molar-refractivity contribution in [3.05, 3.63) is 47.4 Å². The van der Waals surface area contributed by atoms with Gasteiger partial charge in [-0.25, -0.2) is 9.07 Å². The van der Waals surface area contributed by atoms with E-state index in [0.717, 1.165) is 5.69 Å². The van der Waals surface area contributed by atoms with E-state index in [1.807, 2.05) is 25.2 Å². The lowest BCUT2D eigenvalue weighted by molar-refractivity contribution is 0.364. The molecule has 0 fully saturated rings. The van der Waals surface area contributed by atoms with Crippen LogP contribution in [-0.2, 0) is 13.1 Å². The van der Waals surface area contributed by atoms with Gasteiger partial charge in [0.2, 0.25) is 11.7 Å². The Morgan fingerprint density at radius 1 is 1.30 bits per heavy atom. The number of nitrogens with zero attached hydrogens (tertiary/aromatic N) is 6. The minimum atomic E-state index is -0.256. The summed E-state index contributed by atoms with van der Waals surface area (Å²) in [5.74, 6) is 0.591. The second-order valence-corrected chi connectivity index (χ2v) is 5.62. The van der Waals surface area contributed by atoms with Gasteiger partial charge in [-0.1, -0.05) is 10.4 Å². The number of aromatic nitrogens is 5. The van der Waals surface area contributed by atoms with Crippen molar-refractivity contribution in [2.45, 2.75) is 20.0 Å². The molecule has 0 aliphatic rings. The van der Waals surface area contributed by atoms with Gasteiger partial charge in [0, 0.05) is 12.1 Å². The van der Waals surface area contributed by atoms with Crippen molar-refractivity contribution in [3.8, 4) is 11.4 Å². The molecule has 8 heteroatoms. The zero-order chi connectivity index (χ0) is 16.4. The Labute approximate surface area is 132 Å². The lowest BCUT2D eigenvalue weighted by Gasteiger charge is -2.04. The van der Waals surface area contributed by atoms with Crippen LogP contribution in [0.2, 0.25) is 0 Å². The average molecular weight is 316 g/mol. The SMILES string of the molecule is Cc1cc(-c2noc(Cn3cc(CN(C)C)nn3)n2)ccc1F. The molecule has 0 amide bonds. The lowest BCUT2D eigenvalue weighted by atomic mass is 10.1. The highest BCUT2D eigenvalue weighted by Crippen LogP contribution is 2.19. The van der Waals surface area contributed by atoms with Crippen LogP contribution in [0.1, 0.15) is 17.1 Å². The van der Waals surface area contributed by atoms with E-state index in [1.165, 1.54) is 6.07 Å². The average Bonchev–Trinajstić information content (AvgIpc) is 3.12. The summed E-state index contributed by atoms with van der Waals surface area (Å²) in [4.78, 5) is 6.33. The van der Waals surface area contributed by atoms with Gasteiger partial charge in [0.05, 0.1) is 11.9 Å². The summed E-state index contributed by atoms with van der Waals surface area (Å²) < 4.78 is 20.2. The molecule has 120 valence electrons. The maximum atomic E-state index is 13.3. The monoisotopic (exact) mass is 316 g/mol. The molecule has 0 saturated carbocycles. The largest absolute Gasteiger partial charge is 0.337 e. The second-order valence-electron chi connectivity index (χ2n) is 5.62. The van der Waals surface area contributed by atoms with E-state index in [4.69, 9.17) is 4.52 Å². The topological polar surface area (TPSA) is 72.9 Å². The highest BCUT2D eigenvalue weighted by atomic mass is 19.1. The summed E-state index contributed by atoms with van der Waals surface area (Å²) in [5, 5.41) is 12.0. The number of aryl methyl sites for hydroxylation is 1. The van der Waals surface area contributed by atoms with Crippen molar-refractivity contribution in [1.29, 1.82) is 0 Å². The van der Waals surface area contributed by atoms with Gasteiger partial charge in [0.15, 0.2) is 0 Å². The molecule has 0 radical (unpaired) electrons. The molecule has 2 heterocycles. The Bertz CT molecular complexity index is 810. The van der Waals surface area contributed by atoms with E-state index in [1.54, 1.807) is 23.7 Å². The number of rotatable bonds is 5. The van der Waals surface area contributed by atoms with Gasteiger partial charge in [-0.05, 0) is 44.8 Å². The molecule has 0 atom stereocenters. The molecule has 0 spiro atoms. The fraction of sp³-hybridized carbons (Fsp3) is 0.333. The first-order valence-corrected chi connectivity index (χ1v) is 7.14. The molecule has 2 aromatic heterocycles. The molecule has 1 aromatic carbocycles. The van der Waals surface area contributed by atoms with E-state index in [9.17, 15) is 4.39 Å². The van der Waals surface area contributed by atoms with Gasteiger partial charge in [0.25, 0.3) is 0 Å². The first-order chi connectivity index (χ1) is 11.0. The Balaban J connectivity index is 1.74. The van der Waals surface area contributed by atoms with Crippen LogP contribution in [-0.4, -0.2) is 44.1 Å². The Morgan fingerprint density at radius 3 is 2.87 bits per heavy atom. The third-order valence-electron chi connectivity index (χ3n) is 3.25. The van der Waals surface area contributed by atoms with Crippen molar-refractivity contribution in [2.24, 2.45) is 0 Å². The van der Waals surface area contributed by atoms with Gasteiger partial charge < -0.3 is 9.42 Å². The van der Waals surface area contributed by atoms with Gasteiger partial charge in [0.1, 0.15) is 12.4 Å². The zero-order valence-corrected chi connectivity index (χ0v) is 13.2. The van der Waals surface area contributed by atoms with Crippen LogP contribution >= 0.6 is 0 Å². The highest BCUT2D eigenvalue weighted by molar-refractivity contribution is 5.55. The van der Waals surface area contributed by atoms with E-state index < -0.39 is 0 Å². The van der Waals surface area contributed by atoms with Crippen molar-refractivity contribution < 1.29 is 8.91 Å². The summed E-state index contributed by atoms with van der Waals surface area (Å²) in [6.45, 7) is 2.75. The van der Waals surface area contributed by atoms with Crippen molar-refractivity contribution in [2.75, 3.05) is 14.1 Å². The molecule has 0 aliphatic carbocycles. The van der Waals surface area contributed by atoms with Crippen LogP contribution in [0.4, 0.5) is 4.39 Å². The van der Waals surface area contributed by atoms with Crippen LogP contribution < -0.4 is 0 Å². The molecule has 3 rings (SSSR count). The first kappa shape index (κ1) is 15.3. The van der Waals surface area contributed by atoms with Crippen LogP contribution in [0.5, 0.6) is 0 Å². The standard InChI is InChI=1S/C15H17FN6O/c1-10-6-11(4-5-13(10)16)15-17-14(23-19-15)9-22-8-12(18-20-22)7-21(2)3/h4-6,8H,7,9H2,1-3H3. The molecule has 0 aliphatic heterocycles. The summed E-state index contributed by atoms with van der Waals surface area (Å²) in [5.41, 5.74) is 2.12. The molecular formula is C15H17FN6O. The molecule has 7 nitrogen and oxygen atoms in total. The van der Waals surface area contributed by atoms with E-state index in [0.29, 0.717) is 35.9 Å². The molecule has 3 aromatic rings. The summed E-state index contributed by atoms with van der Waals surface area (Å²) in [6.07, 6.45) is 1.84. The third kappa shape index (κ3) is 3.59. The minimum absolute atomic E-state index is 0.256. The minimum Gasteiger partial charge on any atom is -0.337 e. The van der Waals surface area contributed by atoms with Crippen molar-refractivity contribution in [3.63, 3.8) is 0 Å². The van der Waals surface area contributed by atoms with Crippen molar-refractivity contribution >= 4 is 0 Å². The van der Waals surface area contributed by atoms with Gasteiger partial charge in [-0.2, -0.15) is 4.98 Å². The molecule has 0 saturated heterocycles. The molecule has 0 unspecified atom stereocenters. The zero-order valence-electron chi connectivity index (χ0n) is 13.2. The van der Waals surface area contributed by atoms with Crippen molar-refractivity contribution in [1.82, 2.24) is 30.0 Å².